The first-order valence-corrected chi connectivity index (χ1v) is 6.47. The number of esters is 1. The third kappa shape index (κ3) is 1.87. The van der Waals surface area contributed by atoms with Crippen LogP contribution in [-0.4, -0.2) is 27.8 Å². The molecule has 2 aromatic heterocycles. The van der Waals surface area contributed by atoms with E-state index in [-0.39, 0.29) is 0 Å². The van der Waals surface area contributed by atoms with E-state index in [9.17, 15) is 4.79 Å². The van der Waals surface area contributed by atoms with Crippen molar-refractivity contribution in [1.29, 1.82) is 0 Å². The molecule has 0 aliphatic heterocycles. The van der Waals surface area contributed by atoms with Crippen molar-refractivity contribution in [3.05, 3.63) is 42.2 Å². The van der Waals surface area contributed by atoms with Crippen LogP contribution in [0.4, 0.5) is 0 Å². The number of aromatic nitrogens is 3. The quantitative estimate of drug-likeness (QED) is 0.744. The predicted octanol–water partition coefficient (Wildman–Crippen LogP) is 2.84. The molecule has 0 radical (unpaired) electrons. The second kappa shape index (κ2) is 4.85. The molecule has 102 valence electrons. The minimum atomic E-state index is -0.418. The van der Waals surface area contributed by atoms with E-state index in [1.165, 1.54) is 7.11 Å². The summed E-state index contributed by atoms with van der Waals surface area (Å²) in [6.45, 7) is 2.68. The SMILES string of the molecule is CCn1nc(C(=O)OC)cc1-c1c[nH]c2ccccc12. The molecule has 0 saturated carbocycles. The van der Waals surface area contributed by atoms with Gasteiger partial charge < -0.3 is 9.72 Å². The van der Waals surface area contributed by atoms with Crippen LogP contribution in [0.3, 0.4) is 0 Å². The largest absolute Gasteiger partial charge is 0.464 e. The summed E-state index contributed by atoms with van der Waals surface area (Å²) in [6, 6.07) is 9.82. The molecule has 0 atom stereocenters. The summed E-state index contributed by atoms with van der Waals surface area (Å²) in [5.41, 5.74) is 3.33. The first kappa shape index (κ1) is 12.5. The molecule has 1 N–H and O–H groups in total. The van der Waals surface area contributed by atoms with E-state index in [4.69, 9.17) is 4.74 Å². The lowest BCUT2D eigenvalue weighted by Crippen LogP contribution is -2.04. The van der Waals surface area contributed by atoms with Crippen LogP contribution in [0, 0.1) is 0 Å². The van der Waals surface area contributed by atoms with Gasteiger partial charge in [0.2, 0.25) is 0 Å². The molecule has 0 aliphatic rings. The van der Waals surface area contributed by atoms with E-state index < -0.39 is 5.97 Å². The summed E-state index contributed by atoms with van der Waals surface area (Å²) in [4.78, 5) is 14.9. The van der Waals surface area contributed by atoms with Gasteiger partial charge in [0, 0.05) is 29.2 Å². The number of aromatic amines is 1. The summed E-state index contributed by atoms with van der Waals surface area (Å²) >= 11 is 0. The highest BCUT2D eigenvalue weighted by Gasteiger charge is 2.17. The number of ether oxygens (including phenoxy) is 1. The van der Waals surface area contributed by atoms with E-state index in [1.807, 2.05) is 42.1 Å². The van der Waals surface area contributed by atoms with Crippen molar-refractivity contribution in [2.24, 2.45) is 0 Å². The number of benzene rings is 1. The fourth-order valence-electron chi connectivity index (χ4n) is 2.36. The smallest absolute Gasteiger partial charge is 0.358 e. The molecule has 0 bridgehead atoms. The molecule has 3 aromatic rings. The maximum absolute atomic E-state index is 11.6. The number of methoxy groups -OCH3 is 1. The molecular weight excluding hydrogens is 254 g/mol. The molecule has 0 spiro atoms. The number of rotatable bonds is 3. The van der Waals surface area contributed by atoms with Gasteiger partial charge >= 0.3 is 5.97 Å². The predicted molar refractivity (Wildman–Crippen MR) is 76.5 cm³/mol. The highest BCUT2D eigenvalue weighted by molar-refractivity contribution is 5.96. The Kier molecular flexibility index (Phi) is 3.02. The molecule has 0 aliphatic carbocycles. The molecule has 20 heavy (non-hydrogen) atoms. The molecular formula is C15H15N3O2. The van der Waals surface area contributed by atoms with Crippen molar-refractivity contribution in [1.82, 2.24) is 14.8 Å². The van der Waals surface area contributed by atoms with Gasteiger partial charge in [0.25, 0.3) is 0 Å². The maximum atomic E-state index is 11.6. The zero-order valence-corrected chi connectivity index (χ0v) is 11.4. The Morgan fingerprint density at radius 3 is 2.95 bits per heavy atom. The third-order valence-corrected chi connectivity index (χ3v) is 3.34. The molecule has 0 unspecified atom stereocenters. The molecule has 5 nitrogen and oxygen atoms in total. The first-order valence-electron chi connectivity index (χ1n) is 6.47. The van der Waals surface area contributed by atoms with Crippen LogP contribution in [0.5, 0.6) is 0 Å². The van der Waals surface area contributed by atoms with E-state index in [0.29, 0.717) is 12.2 Å². The summed E-state index contributed by atoms with van der Waals surface area (Å²) in [6.07, 6.45) is 1.94. The lowest BCUT2D eigenvalue weighted by Gasteiger charge is -2.02. The van der Waals surface area contributed by atoms with Crippen LogP contribution >= 0.6 is 0 Å². The topological polar surface area (TPSA) is 59.9 Å². The lowest BCUT2D eigenvalue weighted by molar-refractivity contribution is 0.0593. The Bertz CT molecular complexity index is 770. The van der Waals surface area contributed by atoms with Gasteiger partial charge in [0.15, 0.2) is 5.69 Å². The summed E-state index contributed by atoms with van der Waals surface area (Å²) < 4.78 is 6.54. The highest BCUT2D eigenvalue weighted by Crippen LogP contribution is 2.29. The summed E-state index contributed by atoms with van der Waals surface area (Å²) in [5, 5.41) is 5.40. The number of aryl methyl sites for hydroxylation is 1. The third-order valence-electron chi connectivity index (χ3n) is 3.34. The Balaban J connectivity index is 2.18. The second-order valence-electron chi connectivity index (χ2n) is 4.47. The number of para-hydroxylation sites is 1. The lowest BCUT2D eigenvalue weighted by atomic mass is 10.1. The molecule has 2 heterocycles. The number of nitrogens with one attached hydrogen (secondary N) is 1. The fraction of sp³-hybridized carbons (Fsp3) is 0.200. The van der Waals surface area contributed by atoms with E-state index in [2.05, 4.69) is 10.1 Å². The molecule has 5 heteroatoms. The van der Waals surface area contributed by atoms with Crippen molar-refractivity contribution >= 4 is 16.9 Å². The standard InChI is InChI=1S/C15H15N3O2/c1-3-18-14(8-13(17-18)15(19)20-2)11-9-16-12-7-5-4-6-10(11)12/h4-9,16H,3H2,1-2H3. The Morgan fingerprint density at radius 1 is 1.40 bits per heavy atom. The number of fused-ring (bicyclic) bond motifs is 1. The van der Waals surface area contributed by atoms with Crippen molar-refractivity contribution in [3.63, 3.8) is 0 Å². The average Bonchev–Trinajstić information content (AvgIpc) is 3.09. The van der Waals surface area contributed by atoms with Gasteiger partial charge in [-0.3, -0.25) is 4.68 Å². The Morgan fingerprint density at radius 2 is 2.20 bits per heavy atom. The van der Waals surface area contributed by atoms with E-state index in [0.717, 1.165) is 22.2 Å². The van der Waals surface area contributed by atoms with Gasteiger partial charge in [-0.25, -0.2) is 4.79 Å². The number of carbonyl (C=O) groups is 1. The van der Waals surface area contributed by atoms with Crippen LogP contribution in [0.2, 0.25) is 0 Å². The zero-order valence-electron chi connectivity index (χ0n) is 11.4. The normalized spacial score (nSPS) is 10.9. The number of nitrogens with zero attached hydrogens (tertiary/aromatic N) is 2. The van der Waals surface area contributed by atoms with Crippen LogP contribution in [0.25, 0.3) is 22.2 Å². The maximum Gasteiger partial charge on any atom is 0.358 e. The van der Waals surface area contributed by atoms with E-state index in [1.54, 1.807) is 6.07 Å². The second-order valence-corrected chi connectivity index (χ2v) is 4.47. The van der Waals surface area contributed by atoms with Crippen LogP contribution < -0.4 is 0 Å². The van der Waals surface area contributed by atoms with Gasteiger partial charge in [0.05, 0.1) is 12.8 Å². The van der Waals surface area contributed by atoms with Gasteiger partial charge in [-0.2, -0.15) is 5.10 Å². The summed E-state index contributed by atoms with van der Waals surface area (Å²) in [7, 11) is 1.36. The Labute approximate surface area is 116 Å². The van der Waals surface area contributed by atoms with Crippen LogP contribution in [-0.2, 0) is 11.3 Å². The van der Waals surface area contributed by atoms with Crippen molar-refractivity contribution in [2.45, 2.75) is 13.5 Å². The van der Waals surface area contributed by atoms with Crippen LogP contribution in [0.1, 0.15) is 17.4 Å². The van der Waals surface area contributed by atoms with Gasteiger partial charge in [-0.05, 0) is 19.1 Å². The highest BCUT2D eigenvalue weighted by atomic mass is 16.5. The number of H-pyrrole nitrogens is 1. The summed E-state index contributed by atoms with van der Waals surface area (Å²) in [5.74, 6) is -0.418. The molecule has 0 amide bonds. The van der Waals surface area contributed by atoms with E-state index >= 15 is 0 Å². The number of hydrogen-bond acceptors (Lipinski definition) is 3. The number of hydrogen-bond donors (Lipinski definition) is 1. The van der Waals surface area contributed by atoms with Crippen LogP contribution in [0.15, 0.2) is 36.5 Å². The molecule has 1 aromatic carbocycles. The zero-order chi connectivity index (χ0) is 14.1. The number of carbonyl (C=O) groups excluding carboxylic acids is 1. The monoisotopic (exact) mass is 269 g/mol. The molecule has 0 saturated heterocycles. The van der Waals surface area contributed by atoms with Crippen molar-refractivity contribution < 1.29 is 9.53 Å². The Hall–Kier alpha value is -2.56. The first-order chi connectivity index (χ1) is 9.74. The van der Waals surface area contributed by atoms with Gasteiger partial charge in [-0.1, -0.05) is 18.2 Å². The minimum Gasteiger partial charge on any atom is -0.464 e. The fourth-order valence-corrected chi connectivity index (χ4v) is 2.36. The van der Waals surface area contributed by atoms with Gasteiger partial charge in [-0.15, -0.1) is 0 Å². The van der Waals surface area contributed by atoms with Gasteiger partial charge in [0.1, 0.15) is 0 Å². The van der Waals surface area contributed by atoms with Crippen molar-refractivity contribution in [2.75, 3.05) is 7.11 Å². The average molecular weight is 269 g/mol. The molecule has 3 rings (SSSR count). The minimum absolute atomic E-state index is 0.328. The molecule has 0 fully saturated rings. The van der Waals surface area contributed by atoms with Crippen molar-refractivity contribution in [3.8, 4) is 11.3 Å².